The standard InChI is InChI=1S/C15H24O2/c1-4-5-11-16-14-6-8-15(9-7-14)17-12-10-13(2)3/h6-9,13H,4-5,10-12H2,1-3H3. The van der Waals surface area contributed by atoms with Gasteiger partial charge in [-0.1, -0.05) is 27.2 Å². The maximum atomic E-state index is 5.64. The highest BCUT2D eigenvalue weighted by Crippen LogP contribution is 2.18. The van der Waals surface area contributed by atoms with Crippen molar-refractivity contribution in [1.29, 1.82) is 0 Å². The van der Waals surface area contributed by atoms with E-state index in [0.717, 1.165) is 44.0 Å². The van der Waals surface area contributed by atoms with Crippen LogP contribution < -0.4 is 9.47 Å². The Morgan fingerprint density at radius 3 is 1.94 bits per heavy atom. The van der Waals surface area contributed by atoms with Gasteiger partial charge >= 0.3 is 0 Å². The fourth-order valence-corrected chi connectivity index (χ4v) is 1.38. The third-order valence-corrected chi connectivity index (χ3v) is 2.55. The van der Waals surface area contributed by atoms with E-state index in [9.17, 15) is 0 Å². The number of rotatable bonds is 8. The van der Waals surface area contributed by atoms with Gasteiger partial charge in [0.1, 0.15) is 11.5 Å². The van der Waals surface area contributed by atoms with E-state index in [-0.39, 0.29) is 0 Å². The van der Waals surface area contributed by atoms with Crippen LogP contribution in [0.5, 0.6) is 11.5 Å². The van der Waals surface area contributed by atoms with Gasteiger partial charge in [-0.25, -0.2) is 0 Å². The highest BCUT2D eigenvalue weighted by Gasteiger charge is 1.98. The summed E-state index contributed by atoms with van der Waals surface area (Å²) in [5.74, 6) is 2.54. The first-order valence-corrected chi connectivity index (χ1v) is 6.58. The monoisotopic (exact) mass is 236 g/mol. The average Bonchev–Trinajstić information content (AvgIpc) is 2.31. The summed E-state index contributed by atoms with van der Waals surface area (Å²) in [6, 6.07) is 7.89. The minimum Gasteiger partial charge on any atom is -0.494 e. The molecule has 0 amide bonds. The number of hydrogen-bond acceptors (Lipinski definition) is 2. The van der Waals surface area contributed by atoms with Crippen LogP contribution in [-0.4, -0.2) is 13.2 Å². The van der Waals surface area contributed by atoms with Crippen molar-refractivity contribution in [3.63, 3.8) is 0 Å². The summed E-state index contributed by atoms with van der Waals surface area (Å²) < 4.78 is 11.2. The quantitative estimate of drug-likeness (QED) is 0.627. The molecule has 0 aliphatic rings. The van der Waals surface area contributed by atoms with Crippen LogP contribution in [-0.2, 0) is 0 Å². The molecule has 1 aromatic rings. The number of hydrogen-bond donors (Lipinski definition) is 0. The highest BCUT2D eigenvalue weighted by molar-refractivity contribution is 5.31. The van der Waals surface area contributed by atoms with Crippen LogP contribution in [0.15, 0.2) is 24.3 Å². The molecule has 0 N–H and O–H groups in total. The van der Waals surface area contributed by atoms with Gasteiger partial charge in [0.15, 0.2) is 0 Å². The van der Waals surface area contributed by atoms with Gasteiger partial charge in [0, 0.05) is 0 Å². The van der Waals surface area contributed by atoms with Crippen LogP contribution in [0.4, 0.5) is 0 Å². The van der Waals surface area contributed by atoms with Crippen LogP contribution in [0.3, 0.4) is 0 Å². The molecule has 0 atom stereocenters. The smallest absolute Gasteiger partial charge is 0.119 e. The Labute approximate surface area is 105 Å². The molecular weight excluding hydrogens is 212 g/mol. The summed E-state index contributed by atoms with van der Waals surface area (Å²) in [6.07, 6.45) is 3.36. The zero-order chi connectivity index (χ0) is 12.5. The molecule has 0 radical (unpaired) electrons. The second kappa shape index (κ2) is 7.99. The second-order valence-electron chi connectivity index (χ2n) is 4.70. The van der Waals surface area contributed by atoms with Crippen LogP contribution in [0.1, 0.15) is 40.0 Å². The van der Waals surface area contributed by atoms with Gasteiger partial charge in [-0.15, -0.1) is 0 Å². The molecule has 0 saturated heterocycles. The largest absolute Gasteiger partial charge is 0.494 e. The molecular formula is C15H24O2. The molecule has 0 aliphatic heterocycles. The van der Waals surface area contributed by atoms with Gasteiger partial charge in [-0.05, 0) is 43.0 Å². The molecule has 0 bridgehead atoms. The molecule has 1 aromatic carbocycles. The maximum Gasteiger partial charge on any atom is 0.119 e. The highest BCUT2D eigenvalue weighted by atomic mass is 16.5. The Morgan fingerprint density at radius 1 is 0.941 bits per heavy atom. The van der Waals surface area contributed by atoms with E-state index in [4.69, 9.17) is 9.47 Å². The second-order valence-corrected chi connectivity index (χ2v) is 4.70. The van der Waals surface area contributed by atoms with Crippen molar-refractivity contribution >= 4 is 0 Å². The maximum absolute atomic E-state index is 5.64. The van der Waals surface area contributed by atoms with E-state index in [1.165, 1.54) is 0 Å². The molecule has 1 rings (SSSR count). The third kappa shape index (κ3) is 6.20. The van der Waals surface area contributed by atoms with Crippen LogP contribution >= 0.6 is 0 Å². The van der Waals surface area contributed by atoms with E-state index in [2.05, 4.69) is 20.8 Å². The van der Waals surface area contributed by atoms with Crippen molar-refractivity contribution < 1.29 is 9.47 Å². The summed E-state index contributed by atoms with van der Waals surface area (Å²) in [5, 5.41) is 0. The van der Waals surface area contributed by atoms with Crippen molar-refractivity contribution in [3.8, 4) is 11.5 Å². The molecule has 0 spiro atoms. The first kappa shape index (κ1) is 13.9. The average molecular weight is 236 g/mol. The predicted octanol–water partition coefficient (Wildman–Crippen LogP) is 4.29. The lowest BCUT2D eigenvalue weighted by Crippen LogP contribution is -2.01. The number of benzene rings is 1. The zero-order valence-electron chi connectivity index (χ0n) is 11.2. The summed E-state index contributed by atoms with van der Waals surface area (Å²) in [5.41, 5.74) is 0. The van der Waals surface area contributed by atoms with Crippen LogP contribution in [0.25, 0.3) is 0 Å². The Bertz CT molecular complexity index is 290. The molecule has 0 heterocycles. The van der Waals surface area contributed by atoms with Gasteiger partial charge in [0.25, 0.3) is 0 Å². The van der Waals surface area contributed by atoms with E-state index < -0.39 is 0 Å². The predicted molar refractivity (Wildman–Crippen MR) is 71.8 cm³/mol. The van der Waals surface area contributed by atoms with Gasteiger partial charge in [0.05, 0.1) is 13.2 Å². The van der Waals surface area contributed by atoms with E-state index in [1.54, 1.807) is 0 Å². The van der Waals surface area contributed by atoms with Gasteiger partial charge < -0.3 is 9.47 Å². The zero-order valence-corrected chi connectivity index (χ0v) is 11.2. The Morgan fingerprint density at radius 2 is 1.47 bits per heavy atom. The fraction of sp³-hybridized carbons (Fsp3) is 0.600. The lowest BCUT2D eigenvalue weighted by Gasteiger charge is -2.09. The van der Waals surface area contributed by atoms with Crippen LogP contribution in [0.2, 0.25) is 0 Å². The molecule has 0 unspecified atom stereocenters. The van der Waals surface area contributed by atoms with E-state index in [1.807, 2.05) is 24.3 Å². The normalized spacial score (nSPS) is 10.6. The fourth-order valence-electron chi connectivity index (χ4n) is 1.38. The number of unbranched alkanes of at least 4 members (excludes halogenated alkanes) is 1. The molecule has 2 nitrogen and oxygen atoms in total. The summed E-state index contributed by atoms with van der Waals surface area (Å²) >= 11 is 0. The lowest BCUT2D eigenvalue weighted by molar-refractivity contribution is 0.287. The molecule has 2 heteroatoms. The number of ether oxygens (including phenoxy) is 2. The molecule has 0 saturated carbocycles. The Kier molecular flexibility index (Phi) is 6.53. The van der Waals surface area contributed by atoms with Crippen molar-refractivity contribution in [1.82, 2.24) is 0 Å². The van der Waals surface area contributed by atoms with Crippen molar-refractivity contribution in [2.24, 2.45) is 5.92 Å². The summed E-state index contributed by atoms with van der Waals surface area (Å²) in [6.45, 7) is 8.15. The first-order valence-electron chi connectivity index (χ1n) is 6.58. The van der Waals surface area contributed by atoms with Crippen molar-refractivity contribution in [2.75, 3.05) is 13.2 Å². The summed E-state index contributed by atoms with van der Waals surface area (Å²) in [4.78, 5) is 0. The van der Waals surface area contributed by atoms with Gasteiger partial charge in [-0.2, -0.15) is 0 Å². The van der Waals surface area contributed by atoms with E-state index in [0.29, 0.717) is 5.92 Å². The molecule has 0 aliphatic carbocycles. The molecule has 17 heavy (non-hydrogen) atoms. The Balaban J connectivity index is 2.29. The first-order chi connectivity index (χ1) is 8.22. The van der Waals surface area contributed by atoms with Crippen molar-refractivity contribution in [3.05, 3.63) is 24.3 Å². The third-order valence-electron chi connectivity index (χ3n) is 2.55. The van der Waals surface area contributed by atoms with Gasteiger partial charge in [0.2, 0.25) is 0 Å². The minimum atomic E-state index is 0.687. The van der Waals surface area contributed by atoms with Crippen LogP contribution in [0, 0.1) is 5.92 Å². The summed E-state index contributed by atoms with van der Waals surface area (Å²) in [7, 11) is 0. The topological polar surface area (TPSA) is 18.5 Å². The minimum absolute atomic E-state index is 0.687. The molecule has 0 fully saturated rings. The Hall–Kier alpha value is -1.18. The van der Waals surface area contributed by atoms with Gasteiger partial charge in [-0.3, -0.25) is 0 Å². The van der Waals surface area contributed by atoms with Crippen molar-refractivity contribution in [2.45, 2.75) is 40.0 Å². The lowest BCUT2D eigenvalue weighted by atomic mass is 10.1. The van der Waals surface area contributed by atoms with E-state index >= 15 is 0 Å². The SMILES string of the molecule is CCCCOc1ccc(OCCC(C)C)cc1. The molecule has 96 valence electrons. The molecule has 0 aromatic heterocycles.